The molecule has 2 bridgehead atoms. The number of fused-ring (bicyclic) bond motifs is 2. The molecule has 3 atom stereocenters. The molecule has 5 heteroatoms. The molecule has 0 aromatic carbocycles. The van der Waals surface area contributed by atoms with Crippen LogP contribution in [0.3, 0.4) is 0 Å². The van der Waals surface area contributed by atoms with Gasteiger partial charge in [-0.25, -0.2) is 0 Å². The van der Waals surface area contributed by atoms with Crippen molar-refractivity contribution in [1.82, 2.24) is 0 Å². The summed E-state index contributed by atoms with van der Waals surface area (Å²) >= 11 is 0. The number of ether oxygens (including phenoxy) is 1. The Morgan fingerprint density at radius 2 is 2.00 bits per heavy atom. The fourth-order valence-electron chi connectivity index (χ4n) is 1.71. The first-order valence-electron chi connectivity index (χ1n) is 4.79. The van der Waals surface area contributed by atoms with Gasteiger partial charge in [0.2, 0.25) is 0 Å². The van der Waals surface area contributed by atoms with Gasteiger partial charge in [-0.2, -0.15) is 0 Å². The predicted octanol–water partition coefficient (Wildman–Crippen LogP) is 1.14. The predicted molar refractivity (Wildman–Crippen MR) is 48.2 cm³/mol. The van der Waals surface area contributed by atoms with Crippen molar-refractivity contribution in [2.75, 3.05) is 13.2 Å². The maximum absolute atomic E-state index is 5.76. The SMILES string of the molecule is CC1CCC2OCCO[Si](C)(O1)O2. The first-order chi connectivity index (χ1) is 6.18. The second kappa shape index (κ2) is 3.66. The molecule has 2 aliphatic heterocycles. The van der Waals surface area contributed by atoms with Crippen LogP contribution in [0.25, 0.3) is 0 Å². The van der Waals surface area contributed by atoms with E-state index in [-0.39, 0.29) is 12.4 Å². The van der Waals surface area contributed by atoms with Crippen LogP contribution in [0.2, 0.25) is 6.55 Å². The Labute approximate surface area is 79.5 Å². The lowest BCUT2D eigenvalue weighted by molar-refractivity contribution is -0.0826. The quantitative estimate of drug-likeness (QED) is 0.555. The smallest absolute Gasteiger partial charge is 0.371 e. The Balaban J connectivity index is 2.10. The van der Waals surface area contributed by atoms with E-state index in [2.05, 4.69) is 6.92 Å². The van der Waals surface area contributed by atoms with Gasteiger partial charge >= 0.3 is 8.80 Å². The van der Waals surface area contributed by atoms with Gasteiger partial charge < -0.3 is 18.0 Å². The van der Waals surface area contributed by atoms with E-state index in [9.17, 15) is 0 Å². The van der Waals surface area contributed by atoms with E-state index in [0.717, 1.165) is 12.8 Å². The molecule has 3 unspecified atom stereocenters. The summed E-state index contributed by atoms with van der Waals surface area (Å²) in [5.41, 5.74) is 0. The Morgan fingerprint density at radius 1 is 1.15 bits per heavy atom. The molecule has 2 fully saturated rings. The van der Waals surface area contributed by atoms with Crippen LogP contribution in [0.4, 0.5) is 0 Å². The highest BCUT2D eigenvalue weighted by atomic mass is 28.4. The molecule has 76 valence electrons. The number of hydrogen-bond acceptors (Lipinski definition) is 4. The van der Waals surface area contributed by atoms with Gasteiger partial charge in [0.1, 0.15) is 0 Å². The molecular weight excluding hydrogens is 188 g/mol. The minimum absolute atomic E-state index is 0.107. The van der Waals surface area contributed by atoms with Gasteiger partial charge in [0.05, 0.1) is 13.2 Å². The van der Waals surface area contributed by atoms with E-state index < -0.39 is 8.80 Å². The molecule has 0 aliphatic carbocycles. The zero-order valence-electron chi connectivity index (χ0n) is 8.12. The summed E-state index contributed by atoms with van der Waals surface area (Å²) in [6.07, 6.45) is 2.01. The molecule has 2 aliphatic rings. The average molecular weight is 204 g/mol. The molecule has 0 radical (unpaired) electrons. The molecule has 2 rings (SSSR count). The third kappa shape index (κ3) is 2.29. The zero-order valence-corrected chi connectivity index (χ0v) is 9.12. The van der Waals surface area contributed by atoms with Crippen molar-refractivity contribution >= 4 is 8.80 Å². The van der Waals surface area contributed by atoms with Gasteiger partial charge in [-0.1, -0.05) is 0 Å². The van der Waals surface area contributed by atoms with E-state index in [1.54, 1.807) is 0 Å². The summed E-state index contributed by atoms with van der Waals surface area (Å²) < 4.78 is 22.5. The molecule has 4 nitrogen and oxygen atoms in total. The molecule has 2 heterocycles. The number of hydrogen-bond donors (Lipinski definition) is 0. The zero-order chi connectivity index (χ0) is 9.31. The van der Waals surface area contributed by atoms with Crippen LogP contribution in [-0.4, -0.2) is 34.4 Å². The topological polar surface area (TPSA) is 36.9 Å². The summed E-state index contributed by atoms with van der Waals surface area (Å²) in [6, 6.07) is 0. The van der Waals surface area contributed by atoms with Crippen molar-refractivity contribution in [1.29, 1.82) is 0 Å². The fraction of sp³-hybridized carbons (Fsp3) is 1.00. The van der Waals surface area contributed by atoms with E-state index in [1.165, 1.54) is 0 Å². The lowest BCUT2D eigenvalue weighted by Crippen LogP contribution is -2.44. The molecule has 0 spiro atoms. The molecule has 0 aromatic heterocycles. The fourth-order valence-corrected chi connectivity index (χ4v) is 3.87. The summed E-state index contributed by atoms with van der Waals surface area (Å²) in [5, 5.41) is 0. The highest BCUT2D eigenvalue weighted by molar-refractivity contribution is 6.59. The standard InChI is InChI=1S/C8H16O4Si/c1-7-3-4-8-9-5-6-10-13(2,11-7)12-8/h7-8H,3-6H2,1-2H3. The van der Waals surface area contributed by atoms with E-state index in [4.69, 9.17) is 18.0 Å². The summed E-state index contributed by atoms with van der Waals surface area (Å²) in [5.74, 6) is 0. The molecule has 13 heavy (non-hydrogen) atoms. The molecule has 0 N–H and O–H groups in total. The average Bonchev–Trinajstić information content (AvgIpc) is 2.31. The van der Waals surface area contributed by atoms with Crippen LogP contribution in [0.5, 0.6) is 0 Å². The second-order valence-corrected chi connectivity index (χ2v) is 6.12. The summed E-state index contributed by atoms with van der Waals surface area (Å²) in [4.78, 5) is 0. The Morgan fingerprint density at radius 3 is 2.85 bits per heavy atom. The molecule has 2 saturated heterocycles. The lowest BCUT2D eigenvalue weighted by Gasteiger charge is -2.25. The Bertz CT molecular complexity index is 189. The van der Waals surface area contributed by atoms with Crippen LogP contribution >= 0.6 is 0 Å². The van der Waals surface area contributed by atoms with E-state index in [0.29, 0.717) is 13.2 Å². The van der Waals surface area contributed by atoms with Gasteiger partial charge in [-0.3, -0.25) is 0 Å². The van der Waals surface area contributed by atoms with Crippen LogP contribution in [0.15, 0.2) is 0 Å². The Kier molecular flexibility index (Phi) is 2.71. The first kappa shape index (κ1) is 9.61. The molecule has 0 saturated carbocycles. The van der Waals surface area contributed by atoms with Crippen LogP contribution in [0, 0.1) is 0 Å². The van der Waals surface area contributed by atoms with Crippen molar-refractivity contribution in [3.05, 3.63) is 0 Å². The van der Waals surface area contributed by atoms with Crippen LogP contribution in [0.1, 0.15) is 19.8 Å². The number of rotatable bonds is 0. The highest BCUT2D eigenvalue weighted by Gasteiger charge is 2.43. The Hall–Kier alpha value is 0.0569. The largest absolute Gasteiger partial charge is 0.499 e. The van der Waals surface area contributed by atoms with Crippen molar-refractivity contribution in [3.8, 4) is 0 Å². The summed E-state index contributed by atoms with van der Waals surface area (Å²) in [7, 11) is -2.38. The van der Waals surface area contributed by atoms with Gasteiger partial charge in [-0.15, -0.1) is 0 Å². The minimum Gasteiger partial charge on any atom is -0.371 e. The first-order valence-corrected chi connectivity index (χ1v) is 7.02. The monoisotopic (exact) mass is 204 g/mol. The van der Waals surface area contributed by atoms with Gasteiger partial charge in [-0.05, 0) is 19.8 Å². The van der Waals surface area contributed by atoms with Crippen molar-refractivity contribution in [2.24, 2.45) is 0 Å². The maximum atomic E-state index is 5.76. The lowest BCUT2D eigenvalue weighted by atomic mass is 10.2. The van der Waals surface area contributed by atoms with Crippen LogP contribution < -0.4 is 0 Å². The van der Waals surface area contributed by atoms with Gasteiger partial charge in [0.15, 0.2) is 6.29 Å². The van der Waals surface area contributed by atoms with E-state index >= 15 is 0 Å². The van der Waals surface area contributed by atoms with Crippen molar-refractivity contribution in [3.63, 3.8) is 0 Å². The third-order valence-electron chi connectivity index (χ3n) is 2.32. The van der Waals surface area contributed by atoms with E-state index in [1.807, 2.05) is 6.55 Å². The molecule has 0 aromatic rings. The summed E-state index contributed by atoms with van der Waals surface area (Å²) in [6.45, 7) is 5.20. The van der Waals surface area contributed by atoms with Gasteiger partial charge in [0, 0.05) is 12.7 Å². The second-order valence-electron chi connectivity index (χ2n) is 3.63. The normalized spacial score (nSPS) is 46.6. The van der Waals surface area contributed by atoms with Crippen LogP contribution in [-0.2, 0) is 18.0 Å². The highest BCUT2D eigenvalue weighted by Crippen LogP contribution is 2.26. The van der Waals surface area contributed by atoms with Crippen molar-refractivity contribution < 1.29 is 18.0 Å². The molecule has 0 amide bonds. The van der Waals surface area contributed by atoms with Crippen molar-refractivity contribution in [2.45, 2.75) is 38.7 Å². The minimum atomic E-state index is -2.38. The molecular formula is C8H16O4Si. The van der Waals surface area contributed by atoms with Gasteiger partial charge in [0.25, 0.3) is 0 Å². The maximum Gasteiger partial charge on any atom is 0.499 e. The third-order valence-corrected chi connectivity index (χ3v) is 4.57.